The van der Waals surface area contributed by atoms with Gasteiger partial charge in [-0.25, -0.2) is 0 Å². The lowest BCUT2D eigenvalue weighted by Crippen LogP contribution is -2.49. The Morgan fingerprint density at radius 3 is 2.67 bits per heavy atom. The summed E-state index contributed by atoms with van der Waals surface area (Å²) in [6.45, 7) is 11.4. The molecule has 3 nitrogen and oxygen atoms in total. The summed E-state index contributed by atoms with van der Waals surface area (Å²) in [7, 11) is 0. The van der Waals surface area contributed by atoms with Gasteiger partial charge < -0.3 is 15.3 Å². The zero-order chi connectivity index (χ0) is 15.2. The van der Waals surface area contributed by atoms with Crippen LogP contribution in [0.5, 0.6) is 0 Å². The van der Waals surface area contributed by atoms with Crippen LogP contribution < -0.4 is 5.32 Å². The highest BCUT2D eigenvalue weighted by Gasteiger charge is 2.32. The quantitative estimate of drug-likeness (QED) is 0.791. The maximum atomic E-state index is 9.91. The second kappa shape index (κ2) is 8.50. The molecule has 1 heterocycles. The van der Waals surface area contributed by atoms with Crippen molar-refractivity contribution >= 4 is 0 Å². The van der Waals surface area contributed by atoms with E-state index in [2.05, 4.69) is 31.0 Å². The second-order valence-electron chi connectivity index (χ2n) is 7.50. The fraction of sp³-hybridized carbons (Fsp3) is 1.00. The summed E-state index contributed by atoms with van der Waals surface area (Å²) in [6, 6.07) is 0.718. The molecule has 1 aliphatic heterocycles. The normalized spacial score (nSPS) is 38.6. The summed E-state index contributed by atoms with van der Waals surface area (Å²) >= 11 is 0. The Kier molecular flexibility index (Phi) is 6.97. The van der Waals surface area contributed by atoms with Crippen LogP contribution in [0.1, 0.15) is 59.3 Å². The molecule has 21 heavy (non-hydrogen) atoms. The van der Waals surface area contributed by atoms with Gasteiger partial charge in [0.05, 0.1) is 6.10 Å². The summed E-state index contributed by atoms with van der Waals surface area (Å²) in [5.74, 6) is 2.17. The third-order valence-corrected chi connectivity index (χ3v) is 5.76. The lowest BCUT2D eigenvalue weighted by molar-refractivity contribution is 0.0210. The summed E-state index contributed by atoms with van der Waals surface area (Å²) in [5, 5.41) is 13.7. The van der Waals surface area contributed by atoms with Crippen molar-refractivity contribution in [2.75, 3.05) is 26.2 Å². The Bertz CT molecular complexity index is 297. The molecule has 2 N–H and O–H groups in total. The van der Waals surface area contributed by atoms with Crippen molar-refractivity contribution in [2.45, 2.75) is 71.4 Å². The maximum Gasteiger partial charge on any atom is 0.0590 e. The highest BCUT2D eigenvalue weighted by Crippen LogP contribution is 2.32. The Balaban J connectivity index is 1.89. The van der Waals surface area contributed by atoms with Crippen LogP contribution in [0.3, 0.4) is 0 Å². The van der Waals surface area contributed by atoms with Gasteiger partial charge in [0, 0.05) is 25.7 Å². The summed E-state index contributed by atoms with van der Waals surface area (Å²) in [5.41, 5.74) is 0. The third kappa shape index (κ3) is 4.94. The monoisotopic (exact) mass is 296 g/mol. The van der Waals surface area contributed by atoms with Crippen molar-refractivity contribution in [1.82, 2.24) is 10.2 Å². The van der Waals surface area contributed by atoms with Gasteiger partial charge in [0.2, 0.25) is 0 Å². The SMILES string of the molecule is CCCNC1CCC(CC)CC1CN1CCC(O)C(C)C1. The minimum atomic E-state index is -0.0787. The van der Waals surface area contributed by atoms with E-state index in [9.17, 15) is 5.11 Å². The minimum absolute atomic E-state index is 0.0787. The van der Waals surface area contributed by atoms with Gasteiger partial charge in [-0.2, -0.15) is 0 Å². The fourth-order valence-corrected chi connectivity index (χ4v) is 4.25. The molecule has 124 valence electrons. The summed E-state index contributed by atoms with van der Waals surface area (Å²) < 4.78 is 0. The van der Waals surface area contributed by atoms with E-state index in [1.165, 1.54) is 38.6 Å². The first-order valence-electron chi connectivity index (χ1n) is 9.27. The molecule has 0 aromatic rings. The number of hydrogen-bond acceptors (Lipinski definition) is 3. The van der Waals surface area contributed by atoms with Crippen molar-refractivity contribution in [3.05, 3.63) is 0 Å². The lowest BCUT2D eigenvalue weighted by atomic mass is 9.76. The van der Waals surface area contributed by atoms with E-state index >= 15 is 0 Å². The van der Waals surface area contributed by atoms with E-state index in [0.29, 0.717) is 5.92 Å². The highest BCUT2D eigenvalue weighted by atomic mass is 16.3. The van der Waals surface area contributed by atoms with Gasteiger partial charge in [0.15, 0.2) is 0 Å². The van der Waals surface area contributed by atoms with Crippen LogP contribution in [0, 0.1) is 17.8 Å². The minimum Gasteiger partial charge on any atom is -0.393 e. The van der Waals surface area contributed by atoms with Crippen LogP contribution in [0.15, 0.2) is 0 Å². The molecule has 0 aromatic heterocycles. The molecule has 1 saturated carbocycles. The van der Waals surface area contributed by atoms with Crippen molar-refractivity contribution in [1.29, 1.82) is 0 Å². The molecule has 5 atom stereocenters. The maximum absolute atomic E-state index is 9.91. The van der Waals surface area contributed by atoms with Crippen LogP contribution in [-0.2, 0) is 0 Å². The van der Waals surface area contributed by atoms with Crippen molar-refractivity contribution in [3.8, 4) is 0 Å². The number of aliphatic hydroxyl groups is 1. The van der Waals surface area contributed by atoms with E-state index in [1.807, 2.05) is 0 Å². The van der Waals surface area contributed by atoms with E-state index < -0.39 is 0 Å². The van der Waals surface area contributed by atoms with Crippen LogP contribution in [-0.4, -0.2) is 48.3 Å². The predicted octanol–water partition coefficient (Wildman–Crippen LogP) is 2.88. The topological polar surface area (TPSA) is 35.5 Å². The Morgan fingerprint density at radius 1 is 1.19 bits per heavy atom. The molecule has 2 fully saturated rings. The van der Waals surface area contributed by atoms with E-state index in [0.717, 1.165) is 43.9 Å². The van der Waals surface area contributed by atoms with Gasteiger partial charge >= 0.3 is 0 Å². The largest absolute Gasteiger partial charge is 0.393 e. The molecule has 3 heteroatoms. The zero-order valence-corrected chi connectivity index (χ0v) is 14.4. The van der Waals surface area contributed by atoms with Gasteiger partial charge in [-0.3, -0.25) is 0 Å². The highest BCUT2D eigenvalue weighted by molar-refractivity contribution is 4.88. The summed E-state index contributed by atoms with van der Waals surface area (Å²) in [4.78, 5) is 2.61. The molecule has 2 aliphatic rings. The third-order valence-electron chi connectivity index (χ3n) is 5.76. The number of aliphatic hydroxyl groups excluding tert-OH is 1. The number of piperidine rings is 1. The van der Waals surface area contributed by atoms with E-state index in [-0.39, 0.29) is 6.10 Å². The van der Waals surface area contributed by atoms with Crippen LogP contribution in [0.25, 0.3) is 0 Å². The molecule has 1 aliphatic carbocycles. The number of rotatable bonds is 6. The van der Waals surface area contributed by atoms with Crippen LogP contribution in [0.2, 0.25) is 0 Å². The van der Waals surface area contributed by atoms with Crippen molar-refractivity contribution in [3.63, 3.8) is 0 Å². The van der Waals surface area contributed by atoms with Gasteiger partial charge in [-0.15, -0.1) is 0 Å². The molecule has 0 radical (unpaired) electrons. The van der Waals surface area contributed by atoms with Gasteiger partial charge in [0.25, 0.3) is 0 Å². The zero-order valence-electron chi connectivity index (χ0n) is 14.4. The predicted molar refractivity (Wildman–Crippen MR) is 89.4 cm³/mol. The second-order valence-corrected chi connectivity index (χ2v) is 7.50. The average molecular weight is 296 g/mol. The smallest absolute Gasteiger partial charge is 0.0590 e. The van der Waals surface area contributed by atoms with Crippen LogP contribution in [0.4, 0.5) is 0 Å². The molecule has 0 aromatic carbocycles. The Labute approximate surface area is 131 Å². The van der Waals surface area contributed by atoms with E-state index in [1.54, 1.807) is 0 Å². The Morgan fingerprint density at radius 2 is 2.00 bits per heavy atom. The molecule has 0 bridgehead atoms. The molecule has 5 unspecified atom stereocenters. The van der Waals surface area contributed by atoms with Crippen LogP contribution >= 0.6 is 0 Å². The van der Waals surface area contributed by atoms with E-state index in [4.69, 9.17) is 0 Å². The average Bonchev–Trinajstić information content (AvgIpc) is 2.49. The number of hydrogen-bond donors (Lipinski definition) is 2. The number of nitrogens with one attached hydrogen (secondary N) is 1. The standard InChI is InChI=1S/C18H36N2O/c1-4-9-19-17-7-6-15(5-2)11-16(17)13-20-10-8-18(21)14(3)12-20/h14-19,21H,4-13H2,1-3H3. The molecular weight excluding hydrogens is 260 g/mol. The lowest BCUT2D eigenvalue weighted by Gasteiger charge is -2.42. The van der Waals surface area contributed by atoms with Crippen molar-refractivity contribution < 1.29 is 5.11 Å². The van der Waals surface area contributed by atoms with Gasteiger partial charge in [-0.1, -0.05) is 27.2 Å². The van der Waals surface area contributed by atoms with Crippen molar-refractivity contribution in [2.24, 2.45) is 17.8 Å². The fourth-order valence-electron chi connectivity index (χ4n) is 4.25. The Hall–Kier alpha value is -0.120. The molecular formula is C18H36N2O. The first-order chi connectivity index (χ1) is 10.1. The molecule has 0 amide bonds. The molecule has 2 rings (SSSR count). The molecule has 1 saturated heterocycles. The van der Waals surface area contributed by atoms with Gasteiger partial charge in [-0.05, 0) is 56.4 Å². The first-order valence-corrected chi connectivity index (χ1v) is 9.27. The van der Waals surface area contributed by atoms with Gasteiger partial charge in [0.1, 0.15) is 0 Å². The summed E-state index contributed by atoms with van der Waals surface area (Å²) in [6.07, 6.45) is 7.60. The number of nitrogens with zero attached hydrogens (tertiary/aromatic N) is 1. The first kappa shape index (κ1) is 17.2. The number of likely N-dealkylation sites (tertiary alicyclic amines) is 1. The molecule has 0 spiro atoms.